The number of benzene rings is 2. The van der Waals surface area contributed by atoms with Gasteiger partial charge in [0.2, 0.25) is 11.8 Å². The Hall–Kier alpha value is -2.86. The predicted molar refractivity (Wildman–Crippen MR) is 102 cm³/mol. The van der Waals surface area contributed by atoms with Gasteiger partial charge in [0.1, 0.15) is 6.54 Å². The first kappa shape index (κ1) is 18.9. The van der Waals surface area contributed by atoms with Gasteiger partial charge in [-0.15, -0.1) is 0 Å². The molecule has 0 aromatic heterocycles. The van der Waals surface area contributed by atoms with E-state index in [0.717, 1.165) is 24.0 Å². The smallest absolute Gasteiger partial charge is 0.322 e. The minimum Gasteiger partial charge on any atom is -0.480 e. The molecule has 140 valence electrons. The molecule has 1 aliphatic rings. The molecule has 0 saturated heterocycles. The second-order valence-electron chi connectivity index (χ2n) is 6.59. The standard InChI is InChI=1S/C20H19ClN2O4/c21-15-3-1-2-14(11-15)20(8-9-20)19(27)23-16-6-4-13(5-7-16)10-17(24)22-12-18(25)26/h1-7,11H,8-10,12H2,(H,22,24)(H,23,27)(H,25,26). The first-order valence-electron chi connectivity index (χ1n) is 8.54. The second kappa shape index (κ2) is 7.80. The molecule has 2 aromatic rings. The van der Waals surface area contributed by atoms with Crippen LogP contribution >= 0.6 is 11.6 Å². The van der Waals surface area contributed by atoms with Gasteiger partial charge in [0.15, 0.2) is 0 Å². The number of nitrogens with one attached hydrogen (secondary N) is 2. The topological polar surface area (TPSA) is 95.5 Å². The molecule has 1 aliphatic carbocycles. The zero-order valence-electron chi connectivity index (χ0n) is 14.5. The van der Waals surface area contributed by atoms with E-state index in [1.165, 1.54) is 0 Å². The lowest BCUT2D eigenvalue weighted by Crippen LogP contribution is -2.30. The third-order valence-electron chi connectivity index (χ3n) is 4.58. The zero-order valence-corrected chi connectivity index (χ0v) is 15.3. The van der Waals surface area contributed by atoms with Crippen LogP contribution in [0.3, 0.4) is 0 Å². The lowest BCUT2D eigenvalue weighted by Gasteiger charge is -2.16. The first-order chi connectivity index (χ1) is 12.9. The highest BCUT2D eigenvalue weighted by molar-refractivity contribution is 6.30. The third kappa shape index (κ3) is 4.65. The van der Waals surface area contributed by atoms with Gasteiger partial charge in [-0.1, -0.05) is 35.9 Å². The summed E-state index contributed by atoms with van der Waals surface area (Å²) in [4.78, 5) is 34.8. The number of carbonyl (C=O) groups is 3. The SMILES string of the molecule is O=C(O)CNC(=O)Cc1ccc(NC(=O)C2(c3cccc(Cl)c3)CC2)cc1. The van der Waals surface area contributed by atoms with Crippen LogP contribution in [0.15, 0.2) is 48.5 Å². The Bertz CT molecular complexity index is 876. The molecule has 2 amide bonds. The van der Waals surface area contributed by atoms with Crippen LogP contribution in [0.2, 0.25) is 5.02 Å². The van der Waals surface area contributed by atoms with Crippen LogP contribution < -0.4 is 10.6 Å². The van der Waals surface area contributed by atoms with Crippen molar-refractivity contribution in [3.8, 4) is 0 Å². The van der Waals surface area contributed by atoms with Crippen LogP contribution in [0.1, 0.15) is 24.0 Å². The van der Waals surface area contributed by atoms with Crippen molar-refractivity contribution in [3.05, 3.63) is 64.7 Å². The molecular weight excluding hydrogens is 368 g/mol. The highest BCUT2D eigenvalue weighted by Crippen LogP contribution is 2.49. The Kier molecular flexibility index (Phi) is 5.46. The molecule has 1 saturated carbocycles. The summed E-state index contributed by atoms with van der Waals surface area (Å²) in [5.41, 5.74) is 1.76. The zero-order chi connectivity index (χ0) is 19.4. The molecule has 0 heterocycles. The summed E-state index contributed by atoms with van der Waals surface area (Å²) in [6, 6.07) is 14.3. The number of halogens is 1. The van der Waals surface area contributed by atoms with Crippen molar-refractivity contribution in [2.75, 3.05) is 11.9 Å². The molecule has 3 rings (SSSR count). The summed E-state index contributed by atoms with van der Waals surface area (Å²) in [6.45, 7) is -0.404. The van der Waals surface area contributed by atoms with E-state index < -0.39 is 17.9 Å². The fourth-order valence-electron chi connectivity index (χ4n) is 2.94. The molecule has 6 nitrogen and oxygen atoms in total. The van der Waals surface area contributed by atoms with Gasteiger partial charge in [-0.3, -0.25) is 14.4 Å². The molecule has 0 spiro atoms. The van der Waals surface area contributed by atoms with Crippen LogP contribution in [-0.4, -0.2) is 29.4 Å². The second-order valence-corrected chi connectivity index (χ2v) is 7.03. The van der Waals surface area contributed by atoms with Crippen LogP contribution in [0.5, 0.6) is 0 Å². The molecule has 3 N–H and O–H groups in total. The maximum absolute atomic E-state index is 12.7. The minimum atomic E-state index is -1.09. The van der Waals surface area contributed by atoms with Crippen LogP contribution in [-0.2, 0) is 26.2 Å². The van der Waals surface area contributed by atoms with E-state index in [4.69, 9.17) is 16.7 Å². The molecule has 0 aliphatic heterocycles. The average molecular weight is 387 g/mol. The molecule has 1 fully saturated rings. The molecule has 0 atom stereocenters. The van der Waals surface area contributed by atoms with Gasteiger partial charge in [0.05, 0.1) is 11.8 Å². The number of carboxylic acids is 1. The molecule has 27 heavy (non-hydrogen) atoms. The van der Waals surface area contributed by atoms with Gasteiger partial charge < -0.3 is 15.7 Å². The Labute approximate surface area is 161 Å². The predicted octanol–water partition coefficient (Wildman–Crippen LogP) is 2.75. The van der Waals surface area contributed by atoms with Crippen molar-refractivity contribution in [2.45, 2.75) is 24.7 Å². The lowest BCUT2D eigenvalue weighted by atomic mass is 9.95. The summed E-state index contributed by atoms with van der Waals surface area (Å²) in [5.74, 6) is -1.53. The largest absolute Gasteiger partial charge is 0.480 e. The van der Waals surface area contributed by atoms with E-state index in [1.807, 2.05) is 18.2 Å². The average Bonchev–Trinajstić information content (AvgIpc) is 3.44. The van der Waals surface area contributed by atoms with E-state index in [1.54, 1.807) is 30.3 Å². The fraction of sp³-hybridized carbons (Fsp3) is 0.250. The lowest BCUT2D eigenvalue weighted by molar-refractivity contribution is -0.137. The van der Waals surface area contributed by atoms with Gasteiger partial charge in [-0.2, -0.15) is 0 Å². The summed E-state index contributed by atoms with van der Waals surface area (Å²) in [6.07, 6.45) is 1.63. The number of anilines is 1. The third-order valence-corrected chi connectivity index (χ3v) is 4.81. The Morgan fingerprint density at radius 2 is 1.78 bits per heavy atom. The maximum atomic E-state index is 12.7. The molecular formula is C20H19ClN2O4. The van der Waals surface area contributed by atoms with Crippen molar-refractivity contribution < 1.29 is 19.5 Å². The summed E-state index contributed by atoms with van der Waals surface area (Å²) >= 11 is 6.05. The van der Waals surface area contributed by atoms with Crippen LogP contribution in [0, 0.1) is 0 Å². The monoisotopic (exact) mass is 386 g/mol. The van der Waals surface area contributed by atoms with E-state index >= 15 is 0 Å². The summed E-state index contributed by atoms with van der Waals surface area (Å²) < 4.78 is 0. The number of rotatable bonds is 7. The Morgan fingerprint density at radius 3 is 2.37 bits per heavy atom. The molecule has 0 bridgehead atoms. The fourth-order valence-corrected chi connectivity index (χ4v) is 3.13. The Morgan fingerprint density at radius 1 is 1.07 bits per heavy atom. The van der Waals surface area contributed by atoms with E-state index in [9.17, 15) is 14.4 Å². The number of carboxylic acid groups (broad SMARTS) is 1. The van der Waals surface area contributed by atoms with Crippen molar-refractivity contribution in [3.63, 3.8) is 0 Å². The number of hydrogen-bond acceptors (Lipinski definition) is 3. The molecule has 2 aromatic carbocycles. The van der Waals surface area contributed by atoms with Gasteiger partial charge in [0.25, 0.3) is 0 Å². The van der Waals surface area contributed by atoms with Gasteiger partial charge in [-0.05, 0) is 48.2 Å². The quantitative estimate of drug-likeness (QED) is 0.681. The number of aliphatic carboxylic acids is 1. The van der Waals surface area contributed by atoms with Gasteiger partial charge in [-0.25, -0.2) is 0 Å². The van der Waals surface area contributed by atoms with Crippen molar-refractivity contribution in [2.24, 2.45) is 0 Å². The first-order valence-corrected chi connectivity index (χ1v) is 8.92. The maximum Gasteiger partial charge on any atom is 0.322 e. The Balaban J connectivity index is 1.60. The van der Waals surface area contributed by atoms with Crippen molar-refractivity contribution in [1.29, 1.82) is 0 Å². The summed E-state index contributed by atoms with van der Waals surface area (Å²) in [5, 5.41) is 14.4. The van der Waals surface area contributed by atoms with Gasteiger partial charge >= 0.3 is 5.97 Å². The van der Waals surface area contributed by atoms with Gasteiger partial charge in [0, 0.05) is 10.7 Å². The van der Waals surface area contributed by atoms with E-state index in [-0.39, 0.29) is 18.2 Å². The summed E-state index contributed by atoms with van der Waals surface area (Å²) in [7, 11) is 0. The number of amides is 2. The highest BCUT2D eigenvalue weighted by Gasteiger charge is 2.51. The number of carbonyl (C=O) groups excluding carboxylic acids is 2. The van der Waals surface area contributed by atoms with Crippen molar-refractivity contribution >= 4 is 35.1 Å². The molecule has 0 radical (unpaired) electrons. The molecule has 7 heteroatoms. The van der Waals surface area contributed by atoms with Crippen LogP contribution in [0.4, 0.5) is 5.69 Å². The number of hydrogen-bond donors (Lipinski definition) is 3. The van der Waals surface area contributed by atoms with E-state index in [0.29, 0.717) is 10.7 Å². The highest BCUT2D eigenvalue weighted by atomic mass is 35.5. The molecule has 0 unspecified atom stereocenters. The minimum absolute atomic E-state index is 0.0725. The van der Waals surface area contributed by atoms with Crippen molar-refractivity contribution in [1.82, 2.24) is 5.32 Å². The normalized spacial score (nSPS) is 14.3. The van der Waals surface area contributed by atoms with Crippen LogP contribution in [0.25, 0.3) is 0 Å². The van der Waals surface area contributed by atoms with E-state index in [2.05, 4.69) is 10.6 Å².